The summed E-state index contributed by atoms with van der Waals surface area (Å²) in [6.07, 6.45) is 3.36. The lowest BCUT2D eigenvalue weighted by Crippen LogP contribution is -1.97. The molecule has 3 nitrogen and oxygen atoms in total. The van der Waals surface area contributed by atoms with Gasteiger partial charge in [0.15, 0.2) is 0 Å². The average Bonchev–Trinajstić information content (AvgIpc) is 2.47. The smallest absolute Gasteiger partial charge is 0.199 e. The fourth-order valence-electron chi connectivity index (χ4n) is 1.47. The van der Waals surface area contributed by atoms with E-state index in [4.69, 9.17) is 0 Å². The number of sulfonamides is 1. The van der Waals surface area contributed by atoms with Crippen LogP contribution in [0.1, 0.15) is 5.56 Å². The largest absolute Gasteiger partial charge is 0.282 e. The van der Waals surface area contributed by atoms with Crippen molar-refractivity contribution >= 4 is 28.0 Å². The highest BCUT2D eigenvalue weighted by Crippen LogP contribution is 2.15. The van der Waals surface area contributed by atoms with E-state index in [9.17, 15) is 8.42 Å². The molecular formula is C14H13NO2S2. The maximum atomic E-state index is 11.9. The molecule has 0 aliphatic heterocycles. The van der Waals surface area contributed by atoms with Gasteiger partial charge in [0.2, 0.25) is 0 Å². The van der Waals surface area contributed by atoms with Gasteiger partial charge in [-0.25, -0.2) is 0 Å². The molecule has 0 spiro atoms. The van der Waals surface area contributed by atoms with Gasteiger partial charge in [-0.3, -0.25) is 0 Å². The number of rotatable bonds is 4. The second-order valence-electron chi connectivity index (χ2n) is 3.80. The first-order chi connectivity index (χ1) is 9.12. The molecule has 98 valence electrons. The molecule has 0 N–H and O–H groups in total. The molecule has 2 rings (SSSR count). The van der Waals surface area contributed by atoms with Crippen LogP contribution in [-0.2, 0) is 10.0 Å². The maximum Gasteiger partial charge on any atom is 0.282 e. The summed E-state index contributed by atoms with van der Waals surface area (Å²) in [5, 5.41) is 0. The number of hydrogen-bond acceptors (Lipinski definition) is 3. The molecule has 0 aliphatic rings. The summed E-state index contributed by atoms with van der Waals surface area (Å²) in [5.41, 5.74) is 0.761. The van der Waals surface area contributed by atoms with Gasteiger partial charge in [-0.1, -0.05) is 30.3 Å². The van der Waals surface area contributed by atoms with Crippen LogP contribution in [0.2, 0.25) is 0 Å². The Kier molecular flexibility index (Phi) is 4.39. The molecule has 0 saturated carbocycles. The topological polar surface area (TPSA) is 46.5 Å². The summed E-state index contributed by atoms with van der Waals surface area (Å²) in [5.74, 6) is 0. The third-order valence-corrected chi connectivity index (χ3v) is 4.49. The second-order valence-corrected chi connectivity index (χ2v) is 6.31. The molecule has 2 aromatic rings. The first-order valence-corrected chi connectivity index (χ1v) is 8.28. The van der Waals surface area contributed by atoms with Gasteiger partial charge in [-0.05, 0) is 36.1 Å². The molecule has 0 saturated heterocycles. The SMILES string of the molecule is CSc1ccc(/C=N/S(=O)(=O)c2ccccc2)cc1. The van der Waals surface area contributed by atoms with E-state index in [0.717, 1.165) is 10.5 Å². The molecule has 0 radical (unpaired) electrons. The number of hydrogen-bond donors (Lipinski definition) is 0. The summed E-state index contributed by atoms with van der Waals surface area (Å²) in [6.45, 7) is 0. The zero-order valence-electron chi connectivity index (χ0n) is 10.4. The van der Waals surface area contributed by atoms with E-state index in [1.807, 2.05) is 30.5 Å². The van der Waals surface area contributed by atoms with E-state index in [2.05, 4.69) is 4.40 Å². The standard InChI is InChI=1S/C14H13NO2S2/c1-18-13-9-7-12(8-10-13)11-15-19(16,17)14-5-3-2-4-6-14/h2-11H,1H3/b15-11+. The molecule has 0 amide bonds. The fraction of sp³-hybridized carbons (Fsp3) is 0.0714. The van der Waals surface area contributed by atoms with Crippen molar-refractivity contribution in [3.8, 4) is 0 Å². The second kappa shape index (κ2) is 6.04. The normalized spacial score (nSPS) is 11.8. The van der Waals surface area contributed by atoms with E-state index < -0.39 is 10.0 Å². The van der Waals surface area contributed by atoms with E-state index in [1.165, 1.54) is 18.3 Å². The van der Waals surface area contributed by atoms with Crippen LogP contribution in [0.25, 0.3) is 0 Å². The van der Waals surface area contributed by atoms with Crippen LogP contribution in [0.15, 0.2) is 68.8 Å². The van der Waals surface area contributed by atoms with E-state index in [0.29, 0.717) is 0 Å². The molecule has 0 unspecified atom stereocenters. The summed E-state index contributed by atoms with van der Waals surface area (Å²) >= 11 is 1.64. The Labute approximate surface area is 117 Å². The van der Waals surface area contributed by atoms with Crippen molar-refractivity contribution in [1.29, 1.82) is 0 Å². The summed E-state index contributed by atoms with van der Waals surface area (Å²) in [4.78, 5) is 1.33. The van der Waals surface area contributed by atoms with Crippen molar-refractivity contribution in [3.05, 3.63) is 60.2 Å². The molecule has 19 heavy (non-hydrogen) atoms. The molecule has 0 atom stereocenters. The van der Waals surface area contributed by atoms with Crippen LogP contribution in [0.3, 0.4) is 0 Å². The lowest BCUT2D eigenvalue weighted by Gasteiger charge is -1.98. The zero-order valence-corrected chi connectivity index (χ0v) is 12.0. The quantitative estimate of drug-likeness (QED) is 0.642. The predicted octanol–water partition coefficient (Wildman–Crippen LogP) is 3.22. The van der Waals surface area contributed by atoms with Gasteiger partial charge in [0.05, 0.1) is 4.90 Å². The molecule has 0 heterocycles. The molecular weight excluding hydrogens is 278 g/mol. The third kappa shape index (κ3) is 3.68. The Morgan fingerprint density at radius 1 is 1.00 bits per heavy atom. The number of thioether (sulfide) groups is 1. The van der Waals surface area contributed by atoms with Crippen molar-refractivity contribution < 1.29 is 8.42 Å². The first-order valence-electron chi connectivity index (χ1n) is 5.61. The van der Waals surface area contributed by atoms with Crippen molar-refractivity contribution in [2.75, 3.05) is 6.26 Å². The number of benzene rings is 2. The minimum Gasteiger partial charge on any atom is -0.199 e. The highest BCUT2D eigenvalue weighted by molar-refractivity contribution is 7.98. The zero-order chi connectivity index (χ0) is 13.7. The minimum absolute atomic E-state index is 0.201. The molecule has 0 aromatic heterocycles. The van der Waals surface area contributed by atoms with Gasteiger partial charge in [0, 0.05) is 11.1 Å². The van der Waals surface area contributed by atoms with Gasteiger partial charge in [0.25, 0.3) is 10.0 Å². The molecule has 0 fully saturated rings. The minimum atomic E-state index is -3.61. The van der Waals surface area contributed by atoms with Gasteiger partial charge in [0.1, 0.15) is 0 Å². The van der Waals surface area contributed by atoms with Crippen LogP contribution < -0.4 is 0 Å². The first kappa shape index (κ1) is 13.8. The fourth-order valence-corrected chi connectivity index (χ4v) is 2.77. The lowest BCUT2D eigenvalue weighted by molar-refractivity contribution is 0.598. The third-order valence-electron chi connectivity index (χ3n) is 2.50. The van der Waals surface area contributed by atoms with Gasteiger partial charge in [-0.15, -0.1) is 11.8 Å². The van der Waals surface area contributed by atoms with Crippen molar-refractivity contribution in [2.24, 2.45) is 4.40 Å². The van der Waals surface area contributed by atoms with E-state index in [-0.39, 0.29) is 4.90 Å². The van der Waals surface area contributed by atoms with Crippen LogP contribution in [-0.4, -0.2) is 20.9 Å². The van der Waals surface area contributed by atoms with Crippen LogP contribution in [0.5, 0.6) is 0 Å². The van der Waals surface area contributed by atoms with Gasteiger partial charge < -0.3 is 0 Å². The van der Waals surface area contributed by atoms with E-state index >= 15 is 0 Å². The van der Waals surface area contributed by atoms with Gasteiger partial charge in [-0.2, -0.15) is 12.8 Å². The summed E-state index contributed by atoms with van der Waals surface area (Å²) < 4.78 is 27.5. The molecule has 0 bridgehead atoms. The van der Waals surface area contributed by atoms with Crippen LogP contribution in [0.4, 0.5) is 0 Å². The number of nitrogens with zero attached hydrogens (tertiary/aromatic N) is 1. The monoisotopic (exact) mass is 291 g/mol. The molecule has 5 heteroatoms. The van der Waals surface area contributed by atoms with Crippen LogP contribution >= 0.6 is 11.8 Å². The highest BCUT2D eigenvalue weighted by atomic mass is 32.2. The Balaban J connectivity index is 2.22. The maximum absolute atomic E-state index is 11.9. The lowest BCUT2D eigenvalue weighted by atomic mass is 10.2. The highest BCUT2D eigenvalue weighted by Gasteiger charge is 2.09. The molecule has 2 aromatic carbocycles. The predicted molar refractivity (Wildman–Crippen MR) is 79.4 cm³/mol. The Bertz CT molecular complexity index is 662. The van der Waals surface area contributed by atoms with Crippen molar-refractivity contribution in [2.45, 2.75) is 9.79 Å². The Morgan fingerprint density at radius 3 is 2.21 bits per heavy atom. The van der Waals surface area contributed by atoms with Crippen LogP contribution in [0, 0.1) is 0 Å². The molecule has 0 aliphatic carbocycles. The average molecular weight is 291 g/mol. The summed E-state index contributed by atoms with van der Waals surface area (Å²) in [6, 6.07) is 15.7. The Morgan fingerprint density at radius 2 is 1.63 bits per heavy atom. The van der Waals surface area contributed by atoms with Gasteiger partial charge >= 0.3 is 0 Å². The van der Waals surface area contributed by atoms with Crippen molar-refractivity contribution in [3.63, 3.8) is 0 Å². The van der Waals surface area contributed by atoms with E-state index in [1.54, 1.807) is 30.0 Å². The van der Waals surface area contributed by atoms with Crippen molar-refractivity contribution in [1.82, 2.24) is 0 Å². The Hall–Kier alpha value is -1.59. The summed E-state index contributed by atoms with van der Waals surface area (Å²) in [7, 11) is -3.61.